The Kier molecular flexibility index (Phi) is 5.20. The number of carboxylic acid groups (broad SMARTS) is 1. The maximum atomic E-state index is 13.5. The Bertz CT molecular complexity index is 627. The number of hydrogen-bond donors (Lipinski definition) is 2. The van der Waals surface area contributed by atoms with Crippen molar-refractivity contribution in [2.75, 3.05) is 17.3 Å². The number of benzene rings is 1. The third kappa shape index (κ3) is 5.35. The lowest BCUT2D eigenvalue weighted by molar-refractivity contribution is -0.116. The van der Waals surface area contributed by atoms with Crippen molar-refractivity contribution in [2.45, 2.75) is 12.8 Å². The van der Waals surface area contributed by atoms with Gasteiger partial charge in [0.05, 0.1) is 17.0 Å². The average Bonchev–Trinajstić information content (AvgIpc) is 2.29. The number of rotatable bonds is 6. The second-order valence-corrected chi connectivity index (χ2v) is 6.54. The predicted molar refractivity (Wildman–Crippen MR) is 70.9 cm³/mol. The van der Waals surface area contributed by atoms with E-state index in [9.17, 15) is 22.4 Å². The molecule has 20 heavy (non-hydrogen) atoms. The summed E-state index contributed by atoms with van der Waals surface area (Å²) < 4.78 is 35.3. The molecule has 1 aromatic rings. The van der Waals surface area contributed by atoms with E-state index in [0.717, 1.165) is 24.5 Å². The van der Waals surface area contributed by atoms with Gasteiger partial charge in [0.25, 0.3) is 0 Å². The van der Waals surface area contributed by atoms with Gasteiger partial charge in [0.2, 0.25) is 5.91 Å². The largest absolute Gasteiger partial charge is 0.478 e. The summed E-state index contributed by atoms with van der Waals surface area (Å²) in [7, 11) is -3.14. The molecule has 110 valence electrons. The fourth-order valence-electron chi connectivity index (χ4n) is 1.46. The molecular weight excluding hydrogens is 289 g/mol. The fourth-order valence-corrected chi connectivity index (χ4v) is 2.13. The molecule has 1 aromatic carbocycles. The Balaban J connectivity index is 2.60. The van der Waals surface area contributed by atoms with E-state index in [-0.39, 0.29) is 29.8 Å². The van der Waals surface area contributed by atoms with Crippen LogP contribution in [0.3, 0.4) is 0 Å². The first-order valence-corrected chi connectivity index (χ1v) is 7.75. The molecule has 8 heteroatoms. The van der Waals surface area contributed by atoms with E-state index in [1.54, 1.807) is 0 Å². The van der Waals surface area contributed by atoms with Crippen LogP contribution in [0.25, 0.3) is 0 Å². The van der Waals surface area contributed by atoms with Crippen molar-refractivity contribution >= 4 is 27.4 Å². The van der Waals surface area contributed by atoms with E-state index in [4.69, 9.17) is 5.11 Å². The number of amides is 1. The number of anilines is 1. The predicted octanol–water partition coefficient (Wildman–Crippen LogP) is 1.29. The van der Waals surface area contributed by atoms with Gasteiger partial charge in [0.1, 0.15) is 15.7 Å². The van der Waals surface area contributed by atoms with Crippen LogP contribution in [-0.2, 0) is 14.6 Å². The number of halogens is 1. The van der Waals surface area contributed by atoms with Crippen LogP contribution in [-0.4, -0.2) is 37.4 Å². The summed E-state index contributed by atoms with van der Waals surface area (Å²) in [6.45, 7) is 0. The zero-order valence-corrected chi connectivity index (χ0v) is 11.5. The first-order valence-electron chi connectivity index (χ1n) is 5.69. The summed E-state index contributed by atoms with van der Waals surface area (Å²) >= 11 is 0. The fraction of sp³-hybridized carbons (Fsp3) is 0.333. The number of nitrogens with one attached hydrogen (secondary N) is 1. The highest BCUT2D eigenvalue weighted by Gasteiger charge is 2.11. The summed E-state index contributed by atoms with van der Waals surface area (Å²) in [6.07, 6.45) is 1.14. The average molecular weight is 303 g/mol. The van der Waals surface area contributed by atoms with Gasteiger partial charge in [-0.3, -0.25) is 4.79 Å². The van der Waals surface area contributed by atoms with Crippen LogP contribution >= 0.6 is 0 Å². The summed E-state index contributed by atoms with van der Waals surface area (Å²) in [5.74, 6) is -2.78. The lowest BCUT2D eigenvalue weighted by atomic mass is 10.2. The zero-order chi connectivity index (χ0) is 15.3. The first kappa shape index (κ1) is 16.1. The topological polar surface area (TPSA) is 101 Å². The van der Waals surface area contributed by atoms with Gasteiger partial charge >= 0.3 is 5.97 Å². The molecule has 0 saturated heterocycles. The quantitative estimate of drug-likeness (QED) is 0.824. The van der Waals surface area contributed by atoms with E-state index in [0.29, 0.717) is 0 Å². The van der Waals surface area contributed by atoms with Crippen LogP contribution in [0.4, 0.5) is 10.1 Å². The maximum Gasteiger partial charge on any atom is 0.335 e. The van der Waals surface area contributed by atoms with Crippen molar-refractivity contribution in [3.8, 4) is 0 Å². The molecule has 0 aliphatic carbocycles. The summed E-state index contributed by atoms with van der Waals surface area (Å²) in [6, 6.07) is 3.11. The van der Waals surface area contributed by atoms with Crippen LogP contribution in [0.1, 0.15) is 23.2 Å². The second kappa shape index (κ2) is 6.47. The van der Waals surface area contributed by atoms with Crippen molar-refractivity contribution in [1.29, 1.82) is 0 Å². The minimum atomic E-state index is -3.14. The summed E-state index contributed by atoms with van der Waals surface area (Å²) in [4.78, 5) is 22.1. The lowest BCUT2D eigenvalue weighted by Crippen LogP contribution is -2.14. The molecule has 0 aliphatic rings. The molecule has 0 radical (unpaired) electrons. The molecule has 0 atom stereocenters. The van der Waals surface area contributed by atoms with Gasteiger partial charge < -0.3 is 10.4 Å². The van der Waals surface area contributed by atoms with E-state index in [2.05, 4.69) is 5.32 Å². The number of sulfone groups is 1. The lowest BCUT2D eigenvalue weighted by Gasteiger charge is -2.06. The van der Waals surface area contributed by atoms with E-state index in [1.807, 2.05) is 0 Å². The highest BCUT2D eigenvalue weighted by molar-refractivity contribution is 7.90. The van der Waals surface area contributed by atoms with Crippen LogP contribution in [0, 0.1) is 5.82 Å². The minimum Gasteiger partial charge on any atom is -0.478 e. The van der Waals surface area contributed by atoms with Gasteiger partial charge in [0, 0.05) is 12.7 Å². The highest BCUT2D eigenvalue weighted by atomic mass is 32.2. The van der Waals surface area contributed by atoms with Gasteiger partial charge in [-0.1, -0.05) is 0 Å². The molecule has 6 nitrogen and oxygen atoms in total. The van der Waals surface area contributed by atoms with E-state index in [1.165, 1.54) is 0 Å². The van der Waals surface area contributed by atoms with Gasteiger partial charge in [-0.25, -0.2) is 17.6 Å². The van der Waals surface area contributed by atoms with Gasteiger partial charge in [-0.05, 0) is 24.6 Å². The number of carbonyl (C=O) groups is 2. The molecule has 0 saturated carbocycles. The molecular formula is C12H14FNO5S. The standard InChI is InChI=1S/C12H14FNO5S/c1-20(18,19)6-2-3-11(15)14-10-5-4-8(12(16)17)7-9(10)13/h4-5,7H,2-3,6H2,1H3,(H,14,15)(H,16,17). The van der Waals surface area contributed by atoms with Crippen molar-refractivity contribution in [3.63, 3.8) is 0 Å². The Labute approximate surface area is 115 Å². The SMILES string of the molecule is CS(=O)(=O)CCCC(=O)Nc1ccc(C(=O)O)cc1F. The first-order chi connectivity index (χ1) is 9.19. The number of aromatic carboxylic acids is 1. The normalized spacial score (nSPS) is 11.1. The van der Waals surface area contributed by atoms with E-state index >= 15 is 0 Å². The van der Waals surface area contributed by atoms with Gasteiger partial charge in [0.15, 0.2) is 0 Å². The Morgan fingerprint density at radius 1 is 1.35 bits per heavy atom. The molecule has 1 amide bonds. The van der Waals surface area contributed by atoms with Crippen molar-refractivity contribution in [1.82, 2.24) is 0 Å². The smallest absolute Gasteiger partial charge is 0.335 e. The van der Waals surface area contributed by atoms with Crippen LogP contribution < -0.4 is 5.32 Å². The molecule has 1 rings (SSSR count). The Morgan fingerprint density at radius 2 is 2.00 bits per heavy atom. The highest BCUT2D eigenvalue weighted by Crippen LogP contribution is 2.16. The molecule has 0 spiro atoms. The Hall–Kier alpha value is -1.96. The third-order valence-electron chi connectivity index (χ3n) is 2.41. The van der Waals surface area contributed by atoms with Crippen molar-refractivity contribution in [3.05, 3.63) is 29.6 Å². The van der Waals surface area contributed by atoms with Gasteiger partial charge in [-0.2, -0.15) is 0 Å². The minimum absolute atomic E-state index is 0.0623. The molecule has 2 N–H and O–H groups in total. The molecule has 0 fully saturated rings. The molecule has 0 heterocycles. The molecule has 0 bridgehead atoms. The molecule has 0 aromatic heterocycles. The molecule has 0 aliphatic heterocycles. The van der Waals surface area contributed by atoms with E-state index < -0.39 is 27.5 Å². The van der Waals surface area contributed by atoms with Crippen molar-refractivity contribution < 1.29 is 27.5 Å². The van der Waals surface area contributed by atoms with Gasteiger partial charge in [-0.15, -0.1) is 0 Å². The monoisotopic (exact) mass is 303 g/mol. The maximum absolute atomic E-state index is 13.5. The number of hydrogen-bond acceptors (Lipinski definition) is 4. The van der Waals surface area contributed by atoms with Crippen molar-refractivity contribution in [2.24, 2.45) is 0 Å². The number of carbonyl (C=O) groups excluding carboxylic acids is 1. The zero-order valence-electron chi connectivity index (χ0n) is 10.7. The summed E-state index contributed by atoms with van der Waals surface area (Å²) in [5, 5.41) is 10.9. The molecule has 0 unspecified atom stereocenters. The Morgan fingerprint density at radius 3 is 2.50 bits per heavy atom. The van der Waals surface area contributed by atoms with Crippen LogP contribution in [0.2, 0.25) is 0 Å². The number of carboxylic acids is 1. The second-order valence-electron chi connectivity index (χ2n) is 4.28. The van der Waals surface area contributed by atoms with Crippen LogP contribution in [0.5, 0.6) is 0 Å². The summed E-state index contributed by atoms with van der Waals surface area (Å²) in [5.41, 5.74) is -0.364. The van der Waals surface area contributed by atoms with Crippen LogP contribution in [0.15, 0.2) is 18.2 Å². The third-order valence-corrected chi connectivity index (χ3v) is 3.44.